The van der Waals surface area contributed by atoms with Crippen molar-refractivity contribution in [1.82, 2.24) is 9.97 Å². The molecule has 0 bridgehead atoms. The van der Waals surface area contributed by atoms with Crippen LogP contribution in [0.1, 0.15) is 10.4 Å². The summed E-state index contributed by atoms with van der Waals surface area (Å²) < 4.78 is 0. The third-order valence-electron chi connectivity index (χ3n) is 2.06. The Labute approximate surface area is 118 Å². The van der Waals surface area contributed by atoms with E-state index in [1.54, 1.807) is 18.2 Å². The van der Waals surface area contributed by atoms with Gasteiger partial charge in [-0.1, -0.05) is 29.3 Å². The summed E-state index contributed by atoms with van der Waals surface area (Å²) in [5, 5.41) is 3.10. The Kier molecular flexibility index (Phi) is 4.01. The molecule has 1 N–H and O–H groups in total. The predicted octanol–water partition coefficient (Wildman–Crippen LogP) is 3.69. The van der Waals surface area contributed by atoms with Gasteiger partial charge in [0.1, 0.15) is 5.82 Å². The lowest BCUT2D eigenvalue weighted by Gasteiger charge is -2.06. The van der Waals surface area contributed by atoms with Crippen molar-refractivity contribution in [3.63, 3.8) is 0 Å². The van der Waals surface area contributed by atoms with Crippen LogP contribution in [0.3, 0.4) is 0 Å². The standard InChI is InChI=1S/C11H6Cl3N3O/c12-7-3-1-2-6(9(7)13)10(18)16-8-4-5-15-11(14)17-8/h1-5H,(H,15,16,17,18). The van der Waals surface area contributed by atoms with E-state index in [0.29, 0.717) is 5.02 Å². The Morgan fingerprint density at radius 1 is 1.17 bits per heavy atom. The van der Waals surface area contributed by atoms with Crippen molar-refractivity contribution in [3.8, 4) is 0 Å². The second-order valence-corrected chi connectivity index (χ2v) is 4.39. The summed E-state index contributed by atoms with van der Waals surface area (Å²) in [6.45, 7) is 0. The van der Waals surface area contributed by atoms with Crippen molar-refractivity contribution in [2.24, 2.45) is 0 Å². The summed E-state index contributed by atoms with van der Waals surface area (Å²) in [4.78, 5) is 19.5. The van der Waals surface area contributed by atoms with E-state index in [1.807, 2.05) is 0 Å². The van der Waals surface area contributed by atoms with E-state index >= 15 is 0 Å². The first kappa shape index (κ1) is 13.1. The van der Waals surface area contributed by atoms with Crippen LogP contribution in [0.5, 0.6) is 0 Å². The number of nitrogens with zero attached hydrogens (tertiary/aromatic N) is 2. The summed E-state index contributed by atoms with van der Waals surface area (Å²) in [6, 6.07) is 6.31. The number of aromatic nitrogens is 2. The maximum absolute atomic E-state index is 11.9. The summed E-state index contributed by atoms with van der Waals surface area (Å²) in [5.41, 5.74) is 0.263. The first-order valence-corrected chi connectivity index (χ1v) is 5.95. The molecule has 0 atom stereocenters. The SMILES string of the molecule is O=C(Nc1ccnc(Cl)n1)c1cccc(Cl)c1Cl. The highest BCUT2D eigenvalue weighted by Gasteiger charge is 2.13. The number of hydrogen-bond acceptors (Lipinski definition) is 3. The van der Waals surface area contributed by atoms with E-state index in [1.165, 1.54) is 12.3 Å². The summed E-state index contributed by atoms with van der Waals surface area (Å²) in [5.74, 6) is -0.131. The topological polar surface area (TPSA) is 54.9 Å². The third kappa shape index (κ3) is 2.90. The molecule has 0 saturated carbocycles. The van der Waals surface area contributed by atoms with Gasteiger partial charge in [0, 0.05) is 6.20 Å². The first-order valence-electron chi connectivity index (χ1n) is 4.82. The molecule has 1 aromatic heterocycles. The fourth-order valence-electron chi connectivity index (χ4n) is 1.27. The zero-order chi connectivity index (χ0) is 13.1. The highest BCUT2D eigenvalue weighted by Crippen LogP contribution is 2.26. The van der Waals surface area contributed by atoms with Gasteiger partial charge in [-0.2, -0.15) is 0 Å². The number of halogens is 3. The largest absolute Gasteiger partial charge is 0.306 e. The van der Waals surface area contributed by atoms with Crippen LogP contribution in [0.15, 0.2) is 30.5 Å². The molecule has 0 aliphatic heterocycles. The van der Waals surface area contributed by atoms with Crippen LogP contribution in [-0.4, -0.2) is 15.9 Å². The molecular weight excluding hydrogens is 296 g/mol. The summed E-state index contributed by atoms with van der Waals surface area (Å²) in [6.07, 6.45) is 1.44. The fourth-order valence-corrected chi connectivity index (χ4v) is 1.80. The molecule has 1 amide bonds. The van der Waals surface area contributed by atoms with Crippen molar-refractivity contribution in [1.29, 1.82) is 0 Å². The predicted molar refractivity (Wildman–Crippen MR) is 71.5 cm³/mol. The van der Waals surface area contributed by atoms with Gasteiger partial charge < -0.3 is 5.32 Å². The van der Waals surface area contributed by atoms with Crippen LogP contribution in [0, 0.1) is 0 Å². The molecule has 18 heavy (non-hydrogen) atoms. The van der Waals surface area contributed by atoms with E-state index < -0.39 is 5.91 Å². The van der Waals surface area contributed by atoms with Gasteiger partial charge in [-0.3, -0.25) is 4.79 Å². The lowest BCUT2D eigenvalue weighted by molar-refractivity contribution is 0.102. The third-order valence-corrected chi connectivity index (χ3v) is 3.07. The molecule has 2 aromatic rings. The van der Waals surface area contributed by atoms with Gasteiger partial charge in [-0.25, -0.2) is 9.97 Å². The molecule has 0 aliphatic rings. The fraction of sp³-hybridized carbons (Fsp3) is 0. The van der Waals surface area contributed by atoms with E-state index in [-0.39, 0.29) is 21.7 Å². The van der Waals surface area contributed by atoms with E-state index in [0.717, 1.165) is 0 Å². The van der Waals surface area contributed by atoms with Crippen molar-refractivity contribution < 1.29 is 4.79 Å². The maximum atomic E-state index is 11.9. The zero-order valence-corrected chi connectivity index (χ0v) is 11.1. The highest BCUT2D eigenvalue weighted by atomic mass is 35.5. The summed E-state index contributed by atoms with van der Waals surface area (Å²) >= 11 is 17.4. The monoisotopic (exact) mass is 301 g/mol. The van der Waals surface area contributed by atoms with Crippen LogP contribution in [0.25, 0.3) is 0 Å². The number of carbonyl (C=O) groups is 1. The molecule has 1 aromatic carbocycles. The van der Waals surface area contributed by atoms with Gasteiger partial charge in [0.15, 0.2) is 0 Å². The first-order chi connectivity index (χ1) is 8.58. The molecule has 0 saturated heterocycles. The quantitative estimate of drug-likeness (QED) is 0.861. The normalized spacial score (nSPS) is 10.2. The highest BCUT2D eigenvalue weighted by molar-refractivity contribution is 6.44. The van der Waals surface area contributed by atoms with Gasteiger partial charge in [0.25, 0.3) is 5.91 Å². The van der Waals surface area contributed by atoms with Crippen LogP contribution in [-0.2, 0) is 0 Å². The van der Waals surface area contributed by atoms with Crippen molar-refractivity contribution in [3.05, 3.63) is 51.4 Å². The van der Waals surface area contributed by atoms with Crippen molar-refractivity contribution >= 4 is 46.5 Å². The number of rotatable bonds is 2. The Morgan fingerprint density at radius 2 is 1.94 bits per heavy atom. The number of carbonyl (C=O) groups excluding carboxylic acids is 1. The molecule has 1 heterocycles. The number of hydrogen-bond donors (Lipinski definition) is 1. The van der Waals surface area contributed by atoms with Crippen LogP contribution >= 0.6 is 34.8 Å². The molecule has 4 nitrogen and oxygen atoms in total. The minimum absolute atomic E-state index is 0.0463. The van der Waals surface area contributed by atoms with Crippen LogP contribution in [0.4, 0.5) is 5.82 Å². The molecule has 2 rings (SSSR count). The van der Waals surface area contributed by atoms with Crippen LogP contribution in [0.2, 0.25) is 15.3 Å². The van der Waals surface area contributed by atoms with E-state index in [4.69, 9.17) is 34.8 Å². The number of nitrogens with one attached hydrogen (secondary N) is 1. The van der Waals surface area contributed by atoms with E-state index in [2.05, 4.69) is 15.3 Å². The smallest absolute Gasteiger partial charge is 0.258 e. The van der Waals surface area contributed by atoms with Gasteiger partial charge >= 0.3 is 0 Å². The van der Waals surface area contributed by atoms with Crippen molar-refractivity contribution in [2.75, 3.05) is 5.32 Å². The van der Waals surface area contributed by atoms with Gasteiger partial charge in [-0.05, 0) is 29.8 Å². The molecule has 0 unspecified atom stereocenters. The second kappa shape index (κ2) is 5.52. The molecule has 7 heteroatoms. The number of amides is 1. The number of benzene rings is 1. The zero-order valence-electron chi connectivity index (χ0n) is 8.82. The van der Waals surface area contributed by atoms with Gasteiger partial charge in [0.2, 0.25) is 5.28 Å². The molecule has 0 aliphatic carbocycles. The summed E-state index contributed by atoms with van der Waals surface area (Å²) in [7, 11) is 0. The number of anilines is 1. The average Bonchev–Trinajstić information content (AvgIpc) is 2.32. The molecule has 92 valence electrons. The Balaban J connectivity index is 2.25. The molecule has 0 spiro atoms. The Hall–Kier alpha value is -1.36. The maximum Gasteiger partial charge on any atom is 0.258 e. The minimum Gasteiger partial charge on any atom is -0.306 e. The van der Waals surface area contributed by atoms with Gasteiger partial charge in [-0.15, -0.1) is 0 Å². The second-order valence-electron chi connectivity index (χ2n) is 3.27. The Morgan fingerprint density at radius 3 is 2.67 bits per heavy atom. The average molecular weight is 303 g/mol. The molecule has 0 fully saturated rings. The van der Waals surface area contributed by atoms with Crippen LogP contribution < -0.4 is 5.32 Å². The van der Waals surface area contributed by atoms with E-state index in [9.17, 15) is 4.79 Å². The molecular formula is C11H6Cl3N3O. The minimum atomic E-state index is -0.419. The lowest BCUT2D eigenvalue weighted by atomic mass is 10.2. The van der Waals surface area contributed by atoms with Gasteiger partial charge in [0.05, 0.1) is 15.6 Å². The Bertz CT molecular complexity index is 604. The lowest BCUT2D eigenvalue weighted by Crippen LogP contribution is -2.13. The van der Waals surface area contributed by atoms with Crippen molar-refractivity contribution in [2.45, 2.75) is 0 Å². The molecule has 0 radical (unpaired) electrons.